The number of rotatable bonds is 3. The number of nitrogens with zero attached hydrogens (tertiary/aromatic N) is 3. The second-order valence-corrected chi connectivity index (χ2v) is 5.43. The van der Waals surface area contributed by atoms with Crippen molar-refractivity contribution < 1.29 is 9.53 Å². The standard InChI is InChI=1S/C15H11Cl2N3O2/c1-22-13-5-3-2-4-10(13)12-7-14(21)20(19-12)15-11(17)6-9(16)8-18-15/h2-6,8H,7H2,1H3. The fourth-order valence-electron chi connectivity index (χ4n) is 2.19. The molecule has 0 saturated heterocycles. The zero-order chi connectivity index (χ0) is 15.7. The van der Waals surface area contributed by atoms with Gasteiger partial charge in [-0.05, 0) is 18.2 Å². The van der Waals surface area contributed by atoms with Crippen LogP contribution in [-0.4, -0.2) is 23.7 Å². The smallest absolute Gasteiger partial charge is 0.254 e. The van der Waals surface area contributed by atoms with Crippen molar-refractivity contribution >= 4 is 40.6 Å². The largest absolute Gasteiger partial charge is 0.496 e. The summed E-state index contributed by atoms with van der Waals surface area (Å²) in [6.45, 7) is 0. The summed E-state index contributed by atoms with van der Waals surface area (Å²) in [5.41, 5.74) is 1.38. The number of amides is 1. The molecule has 0 saturated carbocycles. The average molecular weight is 336 g/mol. The lowest BCUT2D eigenvalue weighted by Crippen LogP contribution is -2.21. The van der Waals surface area contributed by atoms with Crippen LogP contribution in [0, 0.1) is 0 Å². The highest BCUT2D eigenvalue weighted by molar-refractivity contribution is 6.36. The van der Waals surface area contributed by atoms with Crippen LogP contribution in [0.4, 0.5) is 5.82 Å². The van der Waals surface area contributed by atoms with Gasteiger partial charge in [0.1, 0.15) is 5.75 Å². The van der Waals surface area contributed by atoms with E-state index in [1.807, 2.05) is 24.3 Å². The third-order valence-electron chi connectivity index (χ3n) is 3.18. The topological polar surface area (TPSA) is 54.8 Å². The van der Waals surface area contributed by atoms with Crippen LogP contribution < -0.4 is 9.75 Å². The van der Waals surface area contributed by atoms with E-state index in [9.17, 15) is 4.79 Å². The highest BCUT2D eigenvalue weighted by atomic mass is 35.5. The first-order valence-corrected chi connectivity index (χ1v) is 7.20. The molecule has 0 spiro atoms. The minimum Gasteiger partial charge on any atom is -0.496 e. The molecule has 0 bridgehead atoms. The van der Waals surface area contributed by atoms with Crippen LogP contribution in [0.1, 0.15) is 12.0 Å². The highest BCUT2D eigenvalue weighted by Gasteiger charge is 2.29. The van der Waals surface area contributed by atoms with Crippen molar-refractivity contribution in [3.8, 4) is 5.75 Å². The van der Waals surface area contributed by atoms with Crippen molar-refractivity contribution in [1.29, 1.82) is 0 Å². The Balaban J connectivity index is 2.01. The molecule has 0 N–H and O–H groups in total. The molecular formula is C15H11Cl2N3O2. The number of hydrogen-bond acceptors (Lipinski definition) is 4. The predicted octanol–water partition coefficient (Wildman–Crippen LogP) is 3.54. The molecule has 22 heavy (non-hydrogen) atoms. The third kappa shape index (κ3) is 2.65. The van der Waals surface area contributed by atoms with Crippen LogP contribution in [0.2, 0.25) is 10.0 Å². The maximum absolute atomic E-state index is 12.2. The van der Waals surface area contributed by atoms with Crippen molar-refractivity contribution in [3.05, 3.63) is 52.1 Å². The quantitative estimate of drug-likeness (QED) is 0.861. The van der Waals surface area contributed by atoms with Crippen LogP contribution in [0.15, 0.2) is 41.6 Å². The summed E-state index contributed by atoms with van der Waals surface area (Å²) in [6.07, 6.45) is 1.58. The van der Waals surface area contributed by atoms with E-state index in [4.69, 9.17) is 27.9 Å². The first-order valence-electron chi connectivity index (χ1n) is 6.45. The summed E-state index contributed by atoms with van der Waals surface area (Å²) >= 11 is 11.9. The van der Waals surface area contributed by atoms with Gasteiger partial charge in [-0.2, -0.15) is 10.1 Å². The molecule has 1 aromatic heterocycles. The van der Waals surface area contributed by atoms with E-state index in [-0.39, 0.29) is 23.2 Å². The van der Waals surface area contributed by atoms with E-state index >= 15 is 0 Å². The molecule has 1 aromatic carbocycles. The van der Waals surface area contributed by atoms with Gasteiger partial charge in [0.05, 0.1) is 29.3 Å². The predicted molar refractivity (Wildman–Crippen MR) is 85.9 cm³/mol. The van der Waals surface area contributed by atoms with Gasteiger partial charge < -0.3 is 4.74 Å². The number of para-hydroxylation sites is 1. The lowest BCUT2D eigenvalue weighted by molar-refractivity contribution is -0.116. The SMILES string of the molecule is COc1ccccc1C1=NN(c2ncc(Cl)cc2Cl)C(=O)C1. The van der Waals surface area contributed by atoms with Gasteiger partial charge in [-0.3, -0.25) is 4.79 Å². The van der Waals surface area contributed by atoms with Crippen LogP contribution in [0.3, 0.4) is 0 Å². The molecule has 0 atom stereocenters. The molecule has 5 nitrogen and oxygen atoms in total. The lowest BCUT2D eigenvalue weighted by atomic mass is 10.1. The number of benzene rings is 1. The van der Waals surface area contributed by atoms with E-state index in [2.05, 4.69) is 10.1 Å². The van der Waals surface area contributed by atoms with Gasteiger partial charge in [-0.25, -0.2) is 4.98 Å². The number of methoxy groups -OCH3 is 1. The van der Waals surface area contributed by atoms with Crippen molar-refractivity contribution in [2.24, 2.45) is 5.10 Å². The molecule has 0 fully saturated rings. The Morgan fingerprint density at radius 3 is 2.77 bits per heavy atom. The molecule has 1 aliphatic heterocycles. The number of aromatic nitrogens is 1. The molecule has 2 heterocycles. The Labute approximate surface area is 137 Å². The summed E-state index contributed by atoms with van der Waals surface area (Å²) in [5, 5.41) is 6.20. The van der Waals surface area contributed by atoms with Crippen LogP contribution in [0.25, 0.3) is 0 Å². The van der Waals surface area contributed by atoms with Crippen molar-refractivity contribution in [2.45, 2.75) is 6.42 Å². The van der Waals surface area contributed by atoms with E-state index in [0.717, 1.165) is 5.56 Å². The maximum Gasteiger partial charge on any atom is 0.254 e. The normalized spacial score (nSPS) is 14.2. The number of pyridine rings is 1. The van der Waals surface area contributed by atoms with Gasteiger partial charge >= 0.3 is 0 Å². The maximum atomic E-state index is 12.2. The van der Waals surface area contributed by atoms with Gasteiger partial charge in [-0.15, -0.1) is 0 Å². The molecule has 0 unspecified atom stereocenters. The zero-order valence-corrected chi connectivity index (χ0v) is 13.1. The van der Waals surface area contributed by atoms with Crippen molar-refractivity contribution in [3.63, 3.8) is 0 Å². The van der Waals surface area contributed by atoms with Crippen LogP contribution in [-0.2, 0) is 4.79 Å². The van der Waals surface area contributed by atoms with E-state index in [0.29, 0.717) is 16.5 Å². The Morgan fingerprint density at radius 1 is 1.27 bits per heavy atom. The van der Waals surface area contributed by atoms with Crippen molar-refractivity contribution in [1.82, 2.24) is 4.98 Å². The number of halogens is 2. The van der Waals surface area contributed by atoms with E-state index in [1.165, 1.54) is 17.3 Å². The summed E-state index contributed by atoms with van der Waals surface area (Å²) < 4.78 is 5.30. The summed E-state index contributed by atoms with van der Waals surface area (Å²) in [5.74, 6) is 0.713. The molecule has 7 heteroatoms. The highest BCUT2D eigenvalue weighted by Crippen LogP contribution is 2.31. The molecular weight excluding hydrogens is 325 g/mol. The molecule has 2 aromatic rings. The Morgan fingerprint density at radius 2 is 2.05 bits per heavy atom. The number of carbonyl (C=O) groups is 1. The summed E-state index contributed by atoms with van der Waals surface area (Å²) in [4.78, 5) is 16.3. The number of ether oxygens (including phenoxy) is 1. The molecule has 1 amide bonds. The van der Waals surface area contributed by atoms with Gasteiger partial charge in [0.2, 0.25) is 0 Å². The average Bonchev–Trinajstić information content (AvgIpc) is 2.89. The molecule has 0 radical (unpaired) electrons. The monoisotopic (exact) mass is 335 g/mol. The van der Waals surface area contributed by atoms with Crippen LogP contribution >= 0.6 is 23.2 Å². The van der Waals surface area contributed by atoms with Crippen LogP contribution in [0.5, 0.6) is 5.75 Å². The molecule has 0 aliphatic carbocycles. The zero-order valence-electron chi connectivity index (χ0n) is 11.6. The minimum atomic E-state index is -0.211. The lowest BCUT2D eigenvalue weighted by Gasteiger charge is -2.11. The fourth-order valence-corrected chi connectivity index (χ4v) is 2.65. The van der Waals surface area contributed by atoms with Crippen molar-refractivity contribution in [2.75, 3.05) is 12.1 Å². The van der Waals surface area contributed by atoms with Gasteiger partial charge in [0.25, 0.3) is 5.91 Å². The Kier molecular flexibility index (Phi) is 4.00. The van der Waals surface area contributed by atoms with E-state index in [1.54, 1.807) is 7.11 Å². The fraction of sp³-hybridized carbons (Fsp3) is 0.133. The number of carbonyl (C=O) groups excluding carboxylic acids is 1. The molecule has 112 valence electrons. The minimum absolute atomic E-state index is 0.154. The first kappa shape index (κ1) is 14.8. The number of hydrogen-bond donors (Lipinski definition) is 0. The second-order valence-electron chi connectivity index (χ2n) is 4.59. The second kappa shape index (κ2) is 5.94. The van der Waals surface area contributed by atoms with E-state index < -0.39 is 0 Å². The first-order chi connectivity index (χ1) is 10.6. The summed E-state index contributed by atoms with van der Waals surface area (Å²) in [6, 6.07) is 8.91. The Hall–Kier alpha value is -2.11. The van der Waals surface area contributed by atoms with Gasteiger partial charge in [-0.1, -0.05) is 35.3 Å². The Bertz CT molecular complexity index is 777. The molecule has 1 aliphatic rings. The van der Waals surface area contributed by atoms with Gasteiger partial charge in [0.15, 0.2) is 5.82 Å². The van der Waals surface area contributed by atoms with Gasteiger partial charge in [0, 0.05) is 11.8 Å². The third-order valence-corrected chi connectivity index (χ3v) is 3.67. The molecule has 3 rings (SSSR count). The summed E-state index contributed by atoms with van der Waals surface area (Å²) in [7, 11) is 1.57. The number of anilines is 1. The number of hydrazone groups is 1.